The molecule has 1 aliphatic heterocycles. The molecule has 18 heavy (non-hydrogen) atoms. The van der Waals surface area contributed by atoms with Crippen molar-refractivity contribution in [1.29, 1.82) is 0 Å². The zero-order valence-corrected chi connectivity index (χ0v) is 11.2. The van der Waals surface area contributed by atoms with Crippen LogP contribution in [0.2, 0.25) is 0 Å². The first-order valence-electron chi connectivity index (χ1n) is 7.07. The van der Waals surface area contributed by atoms with Crippen molar-refractivity contribution in [1.82, 2.24) is 20.8 Å². The van der Waals surface area contributed by atoms with E-state index in [1.54, 1.807) is 0 Å². The number of nitrogens with zero attached hydrogens (tertiary/aromatic N) is 2. The van der Waals surface area contributed by atoms with Gasteiger partial charge < -0.3 is 15.2 Å². The standard InChI is InChI=1S/C13H24N4O/c1-11(9-12-5-3-2-4-7-15-12)14-8-6-13-16-10-17-18-13/h10-12,14-15H,2-9H2,1H3. The van der Waals surface area contributed by atoms with Crippen molar-refractivity contribution in [2.75, 3.05) is 13.1 Å². The van der Waals surface area contributed by atoms with Crippen molar-refractivity contribution in [3.05, 3.63) is 12.2 Å². The molecule has 0 saturated carbocycles. The molecule has 0 amide bonds. The first-order valence-corrected chi connectivity index (χ1v) is 7.07. The largest absolute Gasteiger partial charge is 0.340 e. The summed E-state index contributed by atoms with van der Waals surface area (Å²) in [6.45, 7) is 4.33. The minimum absolute atomic E-state index is 0.531. The van der Waals surface area contributed by atoms with E-state index in [0.717, 1.165) is 13.0 Å². The zero-order chi connectivity index (χ0) is 12.6. The van der Waals surface area contributed by atoms with Crippen LogP contribution in [0.4, 0.5) is 0 Å². The molecule has 0 spiro atoms. The van der Waals surface area contributed by atoms with Gasteiger partial charge in [0.25, 0.3) is 0 Å². The van der Waals surface area contributed by atoms with Gasteiger partial charge in [-0.25, -0.2) is 0 Å². The molecule has 2 atom stereocenters. The monoisotopic (exact) mass is 252 g/mol. The van der Waals surface area contributed by atoms with Crippen LogP contribution in [0, 0.1) is 0 Å². The van der Waals surface area contributed by atoms with Gasteiger partial charge in [-0.2, -0.15) is 4.98 Å². The van der Waals surface area contributed by atoms with Crippen molar-refractivity contribution < 1.29 is 4.52 Å². The maximum absolute atomic E-state index is 4.97. The Morgan fingerprint density at radius 2 is 2.44 bits per heavy atom. The molecule has 2 heterocycles. The van der Waals surface area contributed by atoms with E-state index in [-0.39, 0.29) is 0 Å². The van der Waals surface area contributed by atoms with Crippen LogP contribution in [0.25, 0.3) is 0 Å². The molecule has 1 saturated heterocycles. The van der Waals surface area contributed by atoms with Crippen molar-refractivity contribution >= 4 is 0 Å². The molecule has 2 N–H and O–H groups in total. The van der Waals surface area contributed by atoms with Gasteiger partial charge in [0.1, 0.15) is 0 Å². The number of nitrogens with one attached hydrogen (secondary N) is 2. The summed E-state index contributed by atoms with van der Waals surface area (Å²) in [6.07, 6.45) is 8.85. The number of aromatic nitrogens is 2. The second-order valence-corrected chi connectivity index (χ2v) is 5.18. The maximum Gasteiger partial charge on any atom is 0.227 e. The Morgan fingerprint density at radius 3 is 3.28 bits per heavy atom. The van der Waals surface area contributed by atoms with E-state index in [4.69, 9.17) is 4.52 Å². The van der Waals surface area contributed by atoms with Crippen molar-refractivity contribution in [2.24, 2.45) is 0 Å². The van der Waals surface area contributed by atoms with Gasteiger partial charge in [-0.1, -0.05) is 18.0 Å². The Kier molecular flexibility index (Phi) is 5.61. The summed E-state index contributed by atoms with van der Waals surface area (Å²) in [6, 6.07) is 1.21. The minimum atomic E-state index is 0.531. The van der Waals surface area contributed by atoms with Crippen LogP contribution in [0.1, 0.15) is 44.9 Å². The minimum Gasteiger partial charge on any atom is -0.340 e. The van der Waals surface area contributed by atoms with E-state index in [2.05, 4.69) is 27.7 Å². The normalized spacial score (nSPS) is 22.6. The number of hydrogen-bond acceptors (Lipinski definition) is 5. The molecule has 1 aromatic heterocycles. The fourth-order valence-electron chi connectivity index (χ4n) is 2.54. The Balaban J connectivity index is 1.60. The van der Waals surface area contributed by atoms with Gasteiger partial charge in [0.15, 0.2) is 6.33 Å². The lowest BCUT2D eigenvalue weighted by Crippen LogP contribution is -2.37. The summed E-state index contributed by atoms with van der Waals surface area (Å²) in [5, 5.41) is 10.8. The van der Waals surface area contributed by atoms with Crippen LogP contribution in [-0.4, -0.2) is 35.3 Å². The Labute approximate surface area is 109 Å². The van der Waals surface area contributed by atoms with Gasteiger partial charge in [-0.05, 0) is 32.7 Å². The van der Waals surface area contributed by atoms with E-state index in [1.807, 2.05) is 0 Å². The van der Waals surface area contributed by atoms with Crippen LogP contribution in [0.15, 0.2) is 10.9 Å². The van der Waals surface area contributed by atoms with E-state index in [9.17, 15) is 0 Å². The molecule has 102 valence electrons. The first kappa shape index (κ1) is 13.5. The second-order valence-electron chi connectivity index (χ2n) is 5.18. The molecule has 2 rings (SSSR count). The van der Waals surface area contributed by atoms with Crippen LogP contribution < -0.4 is 10.6 Å². The predicted octanol–water partition coefficient (Wildman–Crippen LogP) is 1.51. The van der Waals surface area contributed by atoms with Crippen molar-refractivity contribution in [3.8, 4) is 0 Å². The van der Waals surface area contributed by atoms with Crippen LogP contribution in [-0.2, 0) is 6.42 Å². The third-order valence-electron chi connectivity index (χ3n) is 3.54. The quantitative estimate of drug-likeness (QED) is 0.803. The third kappa shape index (κ3) is 4.74. The Hall–Kier alpha value is -0.940. The summed E-state index contributed by atoms with van der Waals surface area (Å²) < 4.78 is 4.97. The SMILES string of the molecule is CC(CC1CCCCCN1)NCCc1ncno1. The molecule has 1 aliphatic rings. The molecule has 1 aromatic rings. The van der Waals surface area contributed by atoms with Gasteiger partial charge >= 0.3 is 0 Å². The van der Waals surface area contributed by atoms with Gasteiger partial charge in [-0.3, -0.25) is 0 Å². The molecule has 0 radical (unpaired) electrons. The van der Waals surface area contributed by atoms with Gasteiger partial charge in [-0.15, -0.1) is 0 Å². The van der Waals surface area contributed by atoms with E-state index >= 15 is 0 Å². The Morgan fingerprint density at radius 1 is 1.50 bits per heavy atom. The van der Waals surface area contributed by atoms with E-state index in [0.29, 0.717) is 18.0 Å². The number of rotatable bonds is 6. The smallest absolute Gasteiger partial charge is 0.227 e. The van der Waals surface area contributed by atoms with E-state index < -0.39 is 0 Å². The van der Waals surface area contributed by atoms with E-state index in [1.165, 1.54) is 45.0 Å². The molecule has 0 aliphatic carbocycles. The van der Waals surface area contributed by atoms with Crippen molar-refractivity contribution in [2.45, 2.75) is 57.5 Å². The second kappa shape index (κ2) is 7.48. The molecule has 5 nitrogen and oxygen atoms in total. The molecule has 5 heteroatoms. The highest BCUT2D eigenvalue weighted by Crippen LogP contribution is 2.12. The highest BCUT2D eigenvalue weighted by atomic mass is 16.5. The average molecular weight is 252 g/mol. The summed E-state index contributed by atoms with van der Waals surface area (Å²) in [4.78, 5) is 4.01. The van der Waals surface area contributed by atoms with Crippen molar-refractivity contribution in [3.63, 3.8) is 0 Å². The summed E-state index contributed by atoms with van der Waals surface area (Å²) in [7, 11) is 0. The van der Waals surface area contributed by atoms with Gasteiger partial charge in [0, 0.05) is 25.0 Å². The highest BCUT2D eigenvalue weighted by molar-refractivity contribution is 4.79. The molecular formula is C13H24N4O. The summed E-state index contributed by atoms with van der Waals surface area (Å²) >= 11 is 0. The topological polar surface area (TPSA) is 63.0 Å². The average Bonchev–Trinajstić information content (AvgIpc) is 2.74. The fourth-order valence-corrected chi connectivity index (χ4v) is 2.54. The lowest BCUT2D eigenvalue weighted by Gasteiger charge is -2.21. The molecule has 2 unspecified atom stereocenters. The summed E-state index contributed by atoms with van der Waals surface area (Å²) in [5.41, 5.74) is 0. The lowest BCUT2D eigenvalue weighted by atomic mass is 10.0. The van der Waals surface area contributed by atoms with Crippen LogP contribution in [0.3, 0.4) is 0 Å². The first-order chi connectivity index (χ1) is 8.84. The predicted molar refractivity (Wildman–Crippen MR) is 70.3 cm³/mol. The third-order valence-corrected chi connectivity index (χ3v) is 3.54. The number of hydrogen-bond donors (Lipinski definition) is 2. The lowest BCUT2D eigenvalue weighted by molar-refractivity contribution is 0.364. The highest BCUT2D eigenvalue weighted by Gasteiger charge is 2.14. The zero-order valence-electron chi connectivity index (χ0n) is 11.2. The van der Waals surface area contributed by atoms with Gasteiger partial charge in [0.2, 0.25) is 5.89 Å². The fraction of sp³-hybridized carbons (Fsp3) is 0.846. The van der Waals surface area contributed by atoms with Crippen LogP contribution in [0.5, 0.6) is 0 Å². The van der Waals surface area contributed by atoms with Crippen LogP contribution >= 0.6 is 0 Å². The molecular weight excluding hydrogens is 228 g/mol. The van der Waals surface area contributed by atoms with Gasteiger partial charge in [0.05, 0.1) is 0 Å². The maximum atomic E-state index is 4.97. The molecule has 1 fully saturated rings. The molecule has 0 bridgehead atoms. The molecule has 0 aromatic carbocycles. The summed E-state index contributed by atoms with van der Waals surface area (Å²) in [5.74, 6) is 0.710. The Bertz CT molecular complexity index is 307.